The molecule has 184 valence electrons. The number of carboxylic acid groups (broad SMARTS) is 1. The van der Waals surface area contributed by atoms with Gasteiger partial charge in [0.2, 0.25) is 0 Å². The Labute approximate surface area is 209 Å². The van der Waals surface area contributed by atoms with Crippen LogP contribution in [0.4, 0.5) is 13.2 Å². The Balaban J connectivity index is 0.000000384. The lowest BCUT2D eigenvalue weighted by Gasteiger charge is -2.03. The number of carbonyl (C=O) groups excluding carboxylic acids is 1. The Hall–Kier alpha value is -4.10. The van der Waals surface area contributed by atoms with Crippen LogP contribution in [0, 0.1) is 0 Å². The van der Waals surface area contributed by atoms with Crippen molar-refractivity contribution in [1.82, 2.24) is 20.4 Å². The van der Waals surface area contributed by atoms with Crippen LogP contribution in [0.3, 0.4) is 0 Å². The second-order valence-electron chi connectivity index (χ2n) is 7.09. The fraction of sp³-hybridized carbons (Fsp3) is 0.0870. The number of pyridine rings is 1. The molecule has 0 aliphatic carbocycles. The van der Waals surface area contributed by atoms with Crippen molar-refractivity contribution in [3.8, 4) is 22.0 Å². The number of benzene rings is 1. The van der Waals surface area contributed by atoms with Crippen molar-refractivity contribution in [2.75, 3.05) is 0 Å². The SMILES string of the molecule is O=C(NCc1cccs1)c1ccc2onc(-c3csc(-c4cccnc4)n3)c2c1.O=C(O)C(F)(F)F. The van der Waals surface area contributed by atoms with E-state index in [2.05, 4.69) is 20.4 Å². The lowest BCUT2D eigenvalue weighted by molar-refractivity contribution is -0.192. The molecule has 0 saturated heterocycles. The molecule has 36 heavy (non-hydrogen) atoms. The van der Waals surface area contributed by atoms with Crippen molar-refractivity contribution in [2.45, 2.75) is 12.7 Å². The van der Waals surface area contributed by atoms with E-state index in [0.29, 0.717) is 29.1 Å². The molecule has 0 atom stereocenters. The number of thiophene rings is 1. The first-order valence-electron chi connectivity index (χ1n) is 10.1. The molecule has 4 aromatic heterocycles. The summed E-state index contributed by atoms with van der Waals surface area (Å²) in [7, 11) is 0. The van der Waals surface area contributed by atoms with Gasteiger partial charge in [0.05, 0.1) is 11.9 Å². The van der Waals surface area contributed by atoms with Gasteiger partial charge < -0.3 is 14.9 Å². The highest BCUT2D eigenvalue weighted by Gasteiger charge is 2.38. The molecule has 0 unspecified atom stereocenters. The molecule has 1 aromatic carbocycles. The van der Waals surface area contributed by atoms with Gasteiger partial charge in [-0.15, -0.1) is 22.7 Å². The van der Waals surface area contributed by atoms with Gasteiger partial charge in [0.15, 0.2) is 5.58 Å². The molecule has 1 amide bonds. The summed E-state index contributed by atoms with van der Waals surface area (Å²) in [5.41, 5.74) is 3.46. The number of aromatic nitrogens is 3. The number of hydrogen-bond donors (Lipinski definition) is 2. The molecule has 0 spiro atoms. The van der Waals surface area contributed by atoms with Gasteiger partial charge in [0.25, 0.3) is 5.91 Å². The van der Waals surface area contributed by atoms with Gasteiger partial charge in [0.1, 0.15) is 16.4 Å². The van der Waals surface area contributed by atoms with Crippen LogP contribution >= 0.6 is 22.7 Å². The number of aliphatic carboxylic acids is 1. The number of carbonyl (C=O) groups is 2. The first kappa shape index (κ1) is 25.0. The lowest BCUT2D eigenvalue weighted by Crippen LogP contribution is -2.22. The van der Waals surface area contributed by atoms with E-state index in [4.69, 9.17) is 14.4 Å². The molecule has 0 fully saturated rings. The summed E-state index contributed by atoms with van der Waals surface area (Å²) in [6.07, 6.45) is -1.58. The number of rotatable bonds is 5. The van der Waals surface area contributed by atoms with Crippen LogP contribution in [0.15, 0.2) is 70.1 Å². The molecule has 5 aromatic rings. The summed E-state index contributed by atoms with van der Waals surface area (Å²) in [6.45, 7) is 0.506. The standard InChI is InChI=1S/C21H14N4O2S2.C2HF3O2/c26-20(23-11-15-4-2-8-28-15)13-5-6-18-16(9-13)19(25-27-18)17-12-29-21(24-17)14-3-1-7-22-10-14;3-2(4,5)1(6)7/h1-10,12H,11H2,(H,23,26);(H,6,7). The van der Waals surface area contributed by atoms with Crippen LogP contribution in [0.5, 0.6) is 0 Å². The fourth-order valence-electron chi connectivity index (χ4n) is 2.95. The minimum absolute atomic E-state index is 0.137. The molecule has 5 rings (SSSR count). The Morgan fingerprint density at radius 1 is 1.11 bits per heavy atom. The molecular formula is C23H15F3N4O4S2. The third-order valence-electron chi connectivity index (χ3n) is 4.63. The molecule has 13 heteroatoms. The number of amides is 1. The average Bonchev–Trinajstić information content (AvgIpc) is 3.63. The number of hydrogen-bond acceptors (Lipinski definition) is 8. The molecule has 0 saturated carbocycles. The van der Waals surface area contributed by atoms with Crippen LogP contribution in [0.1, 0.15) is 15.2 Å². The largest absolute Gasteiger partial charge is 0.490 e. The van der Waals surface area contributed by atoms with E-state index < -0.39 is 12.1 Å². The monoisotopic (exact) mass is 532 g/mol. The molecule has 0 radical (unpaired) electrons. The van der Waals surface area contributed by atoms with E-state index in [1.54, 1.807) is 41.9 Å². The lowest BCUT2D eigenvalue weighted by atomic mass is 10.1. The molecule has 0 aliphatic heterocycles. The normalized spacial score (nSPS) is 11.1. The predicted molar refractivity (Wildman–Crippen MR) is 128 cm³/mol. The summed E-state index contributed by atoms with van der Waals surface area (Å²) in [5, 5.41) is 19.8. The van der Waals surface area contributed by atoms with Crippen LogP contribution in [0.25, 0.3) is 32.9 Å². The predicted octanol–water partition coefficient (Wildman–Crippen LogP) is 5.64. The van der Waals surface area contributed by atoms with Gasteiger partial charge in [-0.1, -0.05) is 11.2 Å². The Morgan fingerprint density at radius 2 is 1.92 bits per heavy atom. The molecule has 8 nitrogen and oxygen atoms in total. The second kappa shape index (κ2) is 10.7. The van der Waals surface area contributed by atoms with Gasteiger partial charge in [0, 0.05) is 33.8 Å². The number of nitrogens with zero attached hydrogens (tertiary/aromatic N) is 3. The first-order chi connectivity index (χ1) is 17.2. The highest BCUT2D eigenvalue weighted by molar-refractivity contribution is 7.13. The van der Waals surface area contributed by atoms with Crippen molar-refractivity contribution < 1.29 is 32.4 Å². The minimum Gasteiger partial charge on any atom is -0.475 e. The van der Waals surface area contributed by atoms with Crippen LogP contribution in [-0.2, 0) is 11.3 Å². The van der Waals surface area contributed by atoms with Crippen LogP contribution in [-0.4, -0.2) is 38.3 Å². The zero-order chi connectivity index (χ0) is 25.7. The van der Waals surface area contributed by atoms with Crippen molar-refractivity contribution in [3.63, 3.8) is 0 Å². The first-order valence-corrected chi connectivity index (χ1v) is 11.8. The summed E-state index contributed by atoms with van der Waals surface area (Å²) < 4.78 is 37.2. The highest BCUT2D eigenvalue weighted by Crippen LogP contribution is 2.32. The number of carboxylic acids is 1. The van der Waals surface area contributed by atoms with E-state index in [-0.39, 0.29) is 5.91 Å². The minimum atomic E-state index is -5.08. The van der Waals surface area contributed by atoms with Gasteiger partial charge in [-0.2, -0.15) is 13.2 Å². The third kappa shape index (κ3) is 5.93. The Bertz CT molecular complexity index is 1480. The Morgan fingerprint density at radius 3 is 2.58 bits per heavy atom. The molecule has 2 N–H and O–H groups in total. The second-order valence-corrected chi connectivity index (χ2v) is 8.98. The third-order valence-corrected chi connectivity index (χ3v) is 6.40. The highest BCUT2D eigenvalue weighted by atomic mass is 32.1. The smallest absolute Gasteiger partial charge is 0.475 e. The number of fused-ring (bicyclic) bond motifs is 1. The fourth-order valence-corrected chi connectivity index (χ4v) is 4.39. The zero-order valence-electron chi connectivity index (χ0n) is 18.0. The number of alkyl halides is 3. The molecule has 0 aliphatic rings. The van der Waals surface area contributed by atoms with Gasteiger partial charge in [-0.05, 0) is 41.8 Å². The summed E-state index contributed by atoms with van der Waals surface area (Å²) in [5.74, 6) is -2.89. The topological polar surface area (TPSA) is 118 Å². The number of thiazole rings is 1. The maximum Gasteiger partial charge on any atom is 0.490 e. The quantitative estimate of drug-likeness (QED) is 0.301. The van der Waals surface area contributed by atoms with Crippen molar-refractivity contribution in [2.24, 2.45) is 0 Å². The zero-order valence-corrected chi connectivity index (χ0v) is 19.7. The van der Waals surface area contributed by atoms with E-state index in [1.807, 2.05) is 35.0 Å². The van der Waals surface area contributed by atoms with E-state index in [1.165, 1.54) is 11.3 Å². The van der Waals surface area contributed by atoms with Crippen molar-refractivity contribution in [1.29, 1.82) is 0 Å². The van der Waals surface area contributed by atoms with Crippen LogP contribution < -0.4 is 5.32 Å². The van der Waals surface area contributed by atoms with Crippen molar-refractivity contribution in [3.05, 3.63) is 76.1 Å². The maximum atomic E-state index is 12.6. The van der Waals surface area contributed by atoms with E-state index >= 15 is 0 Å². The molecular weight excluding hydrogens is 517 g/mol. The summed E-state index contributed by atoms with van der Waals surface area (Å²) in [4.78, 5) is 31.4. The summed E-state index contributed by atoms with van der Waals surface area (Å²) >= 11 is 3.13. The van der Waals surface area contributed by atoms with Crippen molar-refractivity contribution >= 4 is 45.5 Å². The molecule has 0 bridgehead atoms. The number of halogens is 3. The Kier molecular flexibility index (Phi) is 7.41. The van der Waals surface area contributed by atoms with E-state index in [9.17, 15) is 18.0 Å². The summed E-state index contributed by atoms with van der Waals surface area (Å²) in [6, 6.07) is 13.1. The van der Waals surface area contributed by atoms with E-state index in [0.717, 1.165) is 20.8 Å². The number of nitrogens with one attached hydrogen (secondary N) is 1. The van der Waals surface area contributed by atoms with Gasteiger partial charge >= 0.3 is 12.1 Å². The van der Waals surface area contributed by atoms with Crippen LogP contribution in [0.2, 0.25) is 0 Å². The maximum absolute atomic E-state index is 12.6. The molecule has 4 heterocycles. The van der Waals surface area contributed by atoms with Gasteiger partial charge in [-0.3, -0.25) is 9.78 Å². The van der Waals surface area contributed by atoms with Gasteiger partial charge in [-0.25, -0.2) is 9.78 Å². The average molecular weight is 533 g/mol.